The number of halogens is 1. The van der Waals surface area contributed by atoms with Crippen LogP contribution >= 0.6 is 11.6 Å². The van der Waals surface area contributed by atoms with Gasteiger partial charge in [-0.05, 0) is 29.1 Å². The highest BCUT2D eigenvalue weighted by Crippen LogP contribution is 2.32. The number of nitrogens with zero attached hydrogens (tertiary/aromatic N) is 1. The van der Waals surface area contributed by atoms with E-state index in [4.69, 9.17) is 17.3 Å². The van der Waals surface area contributed by atoms with Gasteiger partial charge in [0.1, 0.15) is 6.10 Å². The summed E-state index contributed by atoms with van der Waals surface area (Å²) in [6, 6.07) is 12.8. The number of aromatic nitrogens is 1. The molecule has 1 heterocycles. The lowest BCUT2D eigenvalue weighted by atomic mass is 9.96. The number of benzene rings is 2. The average Bonchev–Trinajstić information content (AvgIpc) is 2.46. The number of aliphatic hydroxyl groups is 1. The maximum atomic E-state index is 10.6. The number of anilines is 1. The molecule has 4 heteroatoms. The van der Waals surface area contributed by atoms with Gasteiger partial charge in [0.2, 0.25) is 0 Å². The van der Waals surface area contributed by atoms with Gasteiger partial charge in [-0.1, -0.05) is 35.9 Å². The predicted octanol–water partition coefficient (Wildman–Crippen LogP) is 3.55. The smallest absolute Gasteiger partial charge is 0.107 e. The zero-order chi connectivity index (χ0) is 14.1. The van der Waals surface area contributed by atoms with Crippen molar-refractivity contribution in [1.82, 2.24) is 4.98 Å². The molecule has 0 aliphatic carbocycles. The Bertz CT molecular complexity index is 768. The van der Waals surface area contributed by atoms with Gasteiger partial charge >= 0.3 is 0 Å². The van der Waals surface area contributed by atoms with Crippen molar-refractivity contribution in [2.24, 2.45) is 0 Å². The lowest BCUT2D eigenvalue weighted by molar-refractivity contribution is 0.222. The van der Waals surface area contributed by atoms with Crippen LogP contribution in [0, 0.1) is 0 Å². The highest BCUT2D eigenvalue weighted by molar-refractivity contribution is 6.30. The Morgan fingerprint density at radius 1 is 1.10 bits per heavy atom. The molecule has 0 radical (unpaired) electrons. The van der Waals surface area contributed by atoms with Gasteiger partial charge in [0.25, 0.3) is 0 Å². The molecule has 0 bridgehead atoms. The summed E-state index contributed by atoms with van der Waals surface area (Å²) in [5, 5.41) is 13.1. The van der Waals surface area contributed by atoms with Crippen LogP contribution in [0.4, 0.5) is 5.69 Å². The first-order valence-corrected chi connectivity index (χ1v) is 6.60. The Hall–Kier alpha value is -2.10. The van der Waals surface area contributed by atoms with Crippen molar-refractivity contribution in [3.05, 3.63) is 71.0 Å². The Labute approximate surface area is 121 Å². The quantitative estimate of drug-likeness (QED) is 0.708. The Kier molecular flexibility index (Phi) is 3.30. The summed E-state index contributed by atoms with van der Waals surface area (Å²) in [5.41, 5.74) is 7.89. The van der Waals surface area contributed by atoms with Gasteiger partial charge in [0.05, 0.1) is 0 Å². The van der Waals surface area contributed by atoms with E-state index in [0.29, 0.717) is 16.3 Å². The number of nitrogens with two attached hydrogens (primary N) is 1. The molecule has 100 valence electrons. The molecular formula is C16H13ClN2O. The Morgan fingerprint density at radius 2 is 1.95 bits per heavy atom. The highest BCUT2D eigenvalue weighted by Gasteiger charge is 2.16. The summed E-state index contributed by atoms with van der Waals surface area (Å²) < 4.78 is 0. The molecule has 0 aliphatic rings. The molecule has 1 aromatic heterocycles. The van der Waals surface area contributed by atoms with Gasteiger partial charge in [-0.2, -0.15) is 0 Å². The molecule has 20 heavy (non-hydrogen) atoms. The third-order valence-electron chi connectivity index (χ3n) is 3.35. The minimum atomic E-state index is -0.793. The van der Waals surface area contributed by atoms with Crippen molar-refractivity contribution < 1.29 is 5.11 Å². The van der Waals surface area contributed by atoms with Crippen LogP contribution in [-0.4, -0.2) is 10.1 Å². The van der Waals surface area contributed by atoms with Gasteiger partial charge < -0.3 is 10.8 Å². The standard InChI is InChI=1S/C16H13ClN2O/c17-11-4-5-14(15(18)8-11)16(20)13-3-1-2-10-9-19-7-6-12(10)13/h1-9,16,20H,18H2. The number of aliphatic hydroxyl groups excluding tert-OH is 1. The number of fused-ring (bicyclic) bond motifs is 1. The van der Waals surface area contributed by atoms with Gasteiger partial charge in [0.15, 0.2) is 0 Å². The van der Waals surface area contributed by atoms with E-state index in [0.717, 1.165) is 16.3 Å². The second-order valence-electron chi connectivity index (χ2n) is 4.62. The monoisotopic (exact) mass is 284 g/mol. The van der Waals surface area contributed by atoms with Gasteiger partial charge in [-0.25, -0.2) is 0 Å². The summed E-state index contributed by atoms with van der Waals surface area (Å²) in [6.07, 6.45) is 2.69. The van der Waals surface area contributed by atoms with E-state index in [1.807, 2.05) is 24.3 Å². The molecule has 3 aromatic rings. The third kappa shape index (κ3) is 2.22. The minimum Gasteiger partial charge on any atom is -0.398 e. The molecule has 2 aromatic carbocycles. The van der Waals surface area contributed by atoms with Crippen molar-refractivity contribution in [3.8, 4) is 0 Å². The lowest BCUT2D eigenvalue weighted by Gasteiger charge is -2.16. The fourth-order valence-corrected chi connectivity index (χ4v) is 2.53. The van der Waals surface area contributed by atoms with Crippen molar-refractivity contribution in [3.63, 3.8) is 0 Å². The minimum absolute atomic E-state index is 0.482. The first-order valence-electron chi connectivity index (χ1n) is 6.22. The fraction of sp³-hybridized carbons (Fsp3) is 0.0625. The molecule has 0 amide bonds. The summed E-state index contributed by atoms with van der Waals surface area (Å²) in [7, 11) is 0. The Balaban J connectivity index is 2.15. The summed E-state index contributed by atoms with van der Waals surface area (Å²) in [6.45, 7) is 0. The largest absolute Gasteiger partial charge is 0.398 e. The van der Waals surface area contributed by atoms with Crippen LogP contribution < -0.4 is 5.73 Å². The lowest BCUT2D eigenvalue weighted by Crippen LogP contribution is -2.04. The summed E-state index contributed by atoms with van der Waals surface area (Å²) in [5.74, 6) is 0. The second kappa shape index (κ2) is 5.12. The van der Waals surface area contributed by atoms with Gasteiger partial charge in [-0.3, -0.25) is 4.98 Å². The van der Waals surface area contributed by atoms with Crippen LogP contribution in [0.2, 0.25) is 5.02 Å². The number of rotatable bonds is 2. The van der Waals surface area contributed by atoms with Gasteiger partial charge in [0, 0.05) is 34.1 Å². The van der Waals surface area contributed by atoms with Crippen LogP contribution in [0.15, 0.2) is 54.9 Å². The predicted molar refractivity (Wildman–Crippen MR) is 81.7 cm³/mol. The summed E-state index contributed by atoms with van der Waals surface area (Å²) in [4.78, 5) is 4.09. The maximum Gasteiger partial charge on any atom is 0.107 e. The second-order valence-corrected chi connectivity index (χ2v) is 5.06. The van der Waals surface area contributed by atoms with Crippen molar-refractivity contribution in [2.75, 3.05) is 5.73 Å². The zero-order valence-electron chi connectivity index (χ0n) is 10.6. The van der Waals surface area contributed by atoms with Crippen LogP contribution in [0.5, 0.6) is 0 Å². The van der Waals surface area contributed by atoms with E-state index in [9.17, 15) is 5.11 Å². The summed E-state index contributed by atoms with van der Waals surface area (Å²) >= 11 is 5.89. The van der Waals surface area contributed by atoms with E-state index in [-0.39, 0.29) is 0 Å². The zero-order valence-corrected chi connectivity index (χ0v) is 11.4. The SMILES string of the molecule is Nc1cc(Cl)ccc1C(O)c1cccc2cnccc12. The molecule has 3 N–H and O–H groups in total. The molecule has 3 nitrogen and oxygen atoms in total. The molecule has 0 fully saturated rings. The Morgan fingerprint density at radius 3 is 2.75 bits per heavy atom. The normalized spacial score (nSPS) is 12.5. The molecule has 0 saturated carbocycles. The first kappa shape index (κ1) is 12.9. The number of nitrogen functional groups attached to an aromatic ring is 1. The molecule has 0 aliphatic heterocycles. The number of hydrogen-bond donors (Lipinski definition) is 2. The van der Waals surface area contributed by atoms with E-state index >= 15 is 0 Å². The van der Waals surface area contributed by atoms with Crippen LogP contribution in [0.1, 0.15) is 17.2 Å². The van der Waals surface area contributed by atoms with E-state index in [1.165, 1.54) is 0 Å². The molecule has 0 saturated heterocycles. The van der Waals surface area contributed by atoms with E-state index < -0.39 is 6.10 Å². The van der Waals surface area contributed by atoms with E-state index in [2.05, 4.69) is 4.98 Å². The molecule has 1 atom stereocenters. The third-order valence-corrected chi connectivity index (χ3v) is 3.59. The molecular weight excluding hydrogens is 272 g/mol. The van der Waals surface area contributed by atoms with Crippen LogP contribution in [0.3, 0.4) is 0 Å². The van der Waals surface area contributed by atoms with Crippen molar-refractivity contribution >= 4 is 28.1 Å². The average molecular weight is 285 g/mol. The number of hydrogen-bond acceptors (Lipinski definition) is 3. The number of pyridine rings is 1. The maximum absolute atomic E-state index is 10.6. The van der Waals surface area contributed by atoms with Crippen LogP contribution in [-0.2, 0) is 0 Å². The highest BCUT2D eigenvalue weighted by atomic mass is 35.5. The van der Waals surface area contributed by atoms with Crippen LogP contribution in [0.25, 0.3) is 10.8 Å². The van der Waals surface area contributed by atoms with E-state index in [1.54, 1.807) is 30.6 Å². The molecule has 3 rings (SSSR count). The molecule has 1 unspecified atom stereocenters. The topological polar surface area (TPSA) is 59.1 Å². The molecule has 0 spiro atoms. The van der Waals surface area contributed by atoms with Gasteiger partial charge in [-0.15, -0.1) is 0 Å². The first-order chi connectivity index (χ1) is 9.66. The van der Waals surface area contributed by atoms with Crippen molar-refractivity contribution in [2.45, 2.75) is 6.10 Å². The van der Waals surface area contributed by atoms with Crippen molar-refractivity contribution in [1.29, 1.82) is 0 Å². The fourth-order valence-electron chi connectivity index (χ4n) is 2.35.